The van der Waals surface area contributed by atoms with Gasteiger partial charge in [-0.1, -0.05) is 35.3 Å². The number of halogens is 2. The van der Waals surface area contributed by atoms with Crippen LogP contribution in [0.15, 0.2) is 36.4 Å². The van der Waals surface area contributed by atoms with Gasteiger partial charge in [-0.05, 0) is 36.8 Å². The number of hydrogen-bond acceptors (Lipinski definition) is 2. The standard InChI is InChI=1S/C14H11Cl2NO2/c1-8-11(7-6-10(15)13(8)16)17-12-5-3-2-4-9(12)14(18)19/h2-7,17H,1H3,(H,18,19). The summed E-state index contributed by atoms with van der Waals surface area (Å²) in [7, 11) is 0. The molecule has 0 radical (unpaired) electrons. The zero-order valence-electron chi connectivity index (χ0n) is 10.1. The van der Waals surface area contributed by atoms with Gasteiger partial charge in [-0.15, -0.1) is 0 Å². The maximum atomic E-state index is 11.1. The minimum absolute atomic E-state index is 0.202. The van der Waals surface area contributed by atoms with Crippen molar-refractivity contribution in [2.75, 3.05) is 5.32 Å². The summed E-state index contributed by atoms with van der Waals surface area (Å²) in [6.07, 6.45) is 0. The zero-order valence-corrected chi connectivity index (χ0v) is 11.6. The molecule has 2 N–H and O–H groups in total. The third-order valence-corrected chi connectivity index (χ3v) is 3.66. The molecule has 0 aliphatic carbocycles. The van der Waals surface area contributed by atoms with Gasteiger partial charge in [-0.25, -0.2) is 4.79 Å². The molecule has 19 heavy (non-hydrogen) atoms. The fraction of sp³-hybridized carbons (Fsp3) is 0.0714. The lowest BCUT2D eigenvalue weighted by atomic mass is 10.1. The van der Waals surface area contributed by atoms with Crippen LogP contribution in [0.3, 0.4) is 0 Å². The Morgan fingerprint density at radius 2 is 1.79 bits per heavy atom. The van der Waals surface area contributed by atoms with E-state index in [0.717, 1.165) is 11.3 Å². The maximum absolute atomic E-state index is 11.1. The molecule has 0 fully saturated rings. The molecular weight excluding hydrogens is 285 g/mol. The van der Waals surface area contributed by atoms with E-state index in [1.807, 2.05) is 6.92 Å². The Balaban J connectivity index is 2.42. The topological polar surface area (TPSA) is 49.3 Å². The molecule has 0 aliphatic rings. The molecule has 0 atom stereocenters. The van der Waals surface area contributed by atoms with Gasteiger partial charge in [0.1, 0.15) is 0 Å². The van der Waals surface area contributed by atoms with Crippen LogP contribution in [0.4, 0.5) is 11.4 Å². The molecule has 98 valence electrons. The molecule has 0 unspecified atom stereocenters. The zero-order chi connectivity index (χ0) is 14.0. The van der Waals surface area contributed by atoms with Crippen molar-refractivity contribution in [2.24, 2.45) is 0 Å². The van der Waals surface area contributed by atoms with Crippen molar-refractivity contribution < 1.29 is 9.90 Å². The lowest BCUT2D eigenvalue weighted by Gasteiger charge is -2.13. The van der Waals surface area contributed by atoms with Gasteiger partial charge in [0.2, 0.25) is 0 Å². The molecule has 5 heteroatoms. The van der Waals surface area contributed by atoms with Crippen molar-refractivity contribution in [1.29, 1.82) is 0 Å². The first-order chi connectivity index (χ1) is 9.00. The Hall–Kier alpha value is -1.71. The predicted octanol–water partition coefficient (Wildman–Crippen LogP) is 4.74. The lowest BCUT2D eigenvalue weighted by molar-refractivity contribution is 0.0698. The van der Waals surface area contributed by atoms with E-state index in [0.29, 0.717) is 15.7 Å². The minimum atomic E-state index is -0.985. The first-order valence-electron chi connectivity index (χ1n) is 5.54. The molecule has 2 aromatic carbocycles. The molecule has 0 amide bonds. The number of nitrogens with one attached hydrogen (secondary N) is 1. The summed E-state index contributed by atoms with van der Waals surface area (Å²) in [5.41, 5.74) is 2.21. The van der Waals surface area contributed by atoms with Crippen molar-refractivity contribution in [2.45, 2.75) is 6.92 Å². The number of hydrogen-bond donors (Lipinski definition) is 2. The van der Waals surface area contributed by atoms with E-state index in [1.54, 1.807) is 30.3 Å². The molecule has 0 aromatic heterocycles. The predicted molar refractivity (Wildman–Crippen MR) is 77.9 cm³/mol. The van der Waals surface area contributed by atoms with Crippen LogP contribution < -0.4 is 5.32 Å². The largest absolute Gasteiger partial charge is 0.478 e. The minimum Gasteiger partial charge on any atom is -0.478 e. The Labute approximate surface area is 120 Å². The van der Waals surface area contributed by atoms with Crippen molar-refractivity contribution in [3.63, 3.8) is 0 Å². The van der Waals surface area contributed by atoms with Gasteiger partial charge in [0, 0.05) is 5.69 Å². The van der Waals surface area contributed by atoms with E-state index in [9.17, 15) is 4.79 Å². The van der Waals surface area contributed by atoms with Crippen LogP contribution in [-0.2, 0) is 0 Å². The first kappa shape index (κ1) is 13.7. The second-order valence-electron chi connectivity index (χ2n) is 4.01. The van der Waals surface area contributed by atoms with Gasteiger partial charge in [0.25, 0.3) is 0 Å². The quantitative estimate of drug-likeness (QED) is 0.859. The Bertz CT molecular complexity index is 641. The Kier molecular flexibility index (Phi) is 3.98. The van der Waals surface area contributed by atoms with Gasteiger partial charge < -0.3 is 10.4 Å². The van der Waals surface area contributed by atoms with E-state index in [2.05, 4.69) is 5.32 Å². The fourth-order valence-electron chi connectivity index (χ4n) is 1.71. The SMILES string of the molecule is Cc1c(Nc2ccccc2C(=O)O)ccc(Cl)c1Cl. The third kappa shape index (κ3) is 2.83. The van der Waals surface area contributed by atoms with Crippen LogP contribution >= 0.6 is 23.2 Å². The van der Waals surface area contributed by atoms with E-state index < -0.39 is 5.97 Å². The summed E-state index contributed by atoms with van der Waals surface area (Å²) in [4.78, 5) is 11.1. The van der Waals surface area contributed by atoms with Gasteiger partial charge in [-0.2, -0.15) is 0 Å². The van der Waals surface area contributed by atoms with Gasteiger partial charge in [0.15, 0.2) is 0 Å². The van der Waals surface area contributed by atoms with E-state index in [1.165, 1.54) is 6.07 Å². The number of carboxylic acid groups (broad SMARTS) is 1. The Morgan fingerprint density at radius 3 is 2.47 bits per heavy atom. The van der Waals surface area contributed by atoms with E-state index in [4.69, 9.17) is 28.3 Å². The van der Waals surface area contributed by atoms with Crippen LogP contribution in [0, 0.1) is 6.92 Å². The number of anilines is 2. The van der Waals surface area contributed by atoms with Crippen LogP contribution in [0.5, 0.6) is 0 Å². The molecule has 0 spiro atoms. The molecule has 2 rings (SSSR count). The fourth-order valence-corrected chi connectivity index (χ4v) is 2.08. The highest BCUT2D eigenvalue weighted by Crippen LogP contribution is 2.32. The van der Waals surface area contributed by atoms with Crippen LogP contribution in [-0.4, -0.2) is 11.1 Å². The molecule has 0 bridgehead atoms. The maximum Gasteiger partial charge on any atom is 0.337 e. The molecule has 0 aliphatic heterocycles. The van der Waals surface area contributed by atoms with Gasteiger partial charge >= 0.3 is 5.97 Å². The van der Waals surface area contributed by atoms with E-state index in [-0.39, 0.29) is 5.56 Å². The average Bonchev–Trinajstić information content (AvgIpc) is 2.40. The van der Waals surface area contributed by atoms with Crippen LogP contribution in [0.1, 0.15) is 15.9 Å². The first-order valence-corrected chi connectivity index (χ1v) is 6.30. The molecular formula is C14H11Cl2NO2. The summed E-state index contributed by atoms with van der Waals surface area (Å²) in [6, 6.07) is 10.1. The second-order valence-corrected chi connectivity index (χ2v) is 4.79. The Morgan fingerprint density at radius 1 is 1.11 bits per heavy atom. The number of para-hydroxylation sites is 1. The molecule has 3 nitrogen and oxygen atoms in total. The van der Waals surface area contributed by atoms with Gasteiger partial charge in [-0.3, -0.25) is 0 Å². The highest BCUT2D eigenvalue weighted by atomic mass is 35.5. The smallest absolute Gasteiger partial charge is 0.337 e. The van der Waals surface area contributed by atoms with Gasteiger partial charge in [0.05, 0.1) is 21.3 Å². The number of benzene rings is 2. The highest BCUT2D eigenvalue weighted by Gasteiger charge is 2.11. The highest BCUT2D eigenvalue weighted by molar-refractivity contribution is 6.42. The van der Waals surface area contributed by atoms with Crippen molar-refractivity contribution in [3.8, 4) is 0 Å². The van der Waals surface area contributed by atoms with Crippen LogP contribution in [0.25, 0.3) is 0 Å². The molecule has 0 heterocycles. The molecule has 0 saturated heterocycles. The number of carbonyl (C=O) groups is 1. The number of carboxylic acids is 1. The van der Waals surface area contributed by atoms with Crippen molar-refractivity contribution in [1.82, 2.24) is 0 Å². The molecule has 0 saturated carbocycles. The lowest BCUT2D eigenvalue weighted by Crippen LogP contribution is -2.03. The monoisotopic (exact) mass is 295 g/mol. The van der Waals surface area contributed by atoms with Crippen molar-refractivity contribution >= 4 is 40.5 Å². The summed E-state index contributed by atoms with van der Waals surface area (Å²) in [5.74, 6) is -0.985. The van der Waals surface area contributed by atoms with Crippen molar-refractivity contribution in [3.05, 3.63) is 57.6 Å². The third-order valence-electron chi connectivity index (χ3n) is 2.77. The molecule has 2 aromatic rings. The second kappa shape index (κ2) is 5.51. The summed E-state index contributed by atoms with van der Waals surface area (Å²) in [5, 5.41) is 13.1. The summed E-state index contributed by atoms with van der Waals surface area (Å²) < 4.78 is 0. The summed E-state index contributed by atoms with van der Waals surface area (Å²) in [6.45, 7) is 1.82. The van der Waals surface area contributed by atoms with E-state index >= 15 is 0 Å². The van der Waals surface area contributed by atoms with Crippen LogP contribution in [0.2, 0.25) is 10.0 Å². The number of aromatic carboxylic acids is 1. The summed E-state index contributed by atoms with van der Waals surface area (Å²) >= 11 is 12.0. The number of rotatable bonds is 3. The average molecular weight is 296 g/mol. The normalized spacial score (nSPS) is 10.3.